The number of likely N-dealkylation sites (tertiary alicyclic amines) is 1. The number of pyridine rings is 1. The zero-order valence-corrected chi connectivity index (χ0v) is 17.7. The summed E-state index contributed by atoms with van der Waals surface area (Å²) in [6, 6.07) is 9.52. The summed E-state index contributed by atoms with van der Waals surface area (Å²) < 4.78 is 6.02. The number of carbonyl (C=O) groups excluding carboxylic acids is 2. The van der Waals surface area contributed by atoms with Crippen LogP contribution in [0.25, 0.3) is 10.9 Å². The van der Waals surface area contributed by atoms with Crippen LogP contribution in [0, 0.1) is 0 Å². The Morgan fingerprint density at radius 2 is 2.23 bits per heavy atom. The molecule has 2 atom stereocenters. The summed E-state index contributed by atoms with van der Waals surface area (Å²) in [5, 5.41) is 18.2. The Kier molecular flexibility index (Phi) is 5.87. The van der Waals surface area contributed by atoms with E-state index in [4.69, 9.17) is 9.57 Å². The number of benzene rings is 1. The topological polar surface area (TPSA) is 113 Å². The van der Waals surface area contributed by atoms with E-state index < -0.39 is 17.7 Å². The number of nitrogens with one attached hydrogen (secondary N) is 1. The van der Waals surface area contributed by atoms with Crippen LogP contribution in [-0.2, 0) is 21.0 Å². The molecule has 30 heavy (non-hydrogen) atoms. The Hall–Kier alpha value is -2.72. The Labute approximate surface area is 181 Å². The van der Waals surface area contributed by atoms with Crippen molar-refractivity contribution in [2.75, 3.05) is 13.1 Å². The van der Waals surface area contributed by atoms with Crippen molar-refractivity contribution in [1.82, 2.24) is 15.2 Å². The highest BCUT2D eigenvalue weighted by atomic mass is 79.9. The van der Waals surface area contributed by atoms with Crippen molar-refractivity contribution in [3.63, 3.8) is 0 Å². The van der Waals surface area contributed by atoms with Crippen molar-refractivity contribution in [2.45, 2.75) is 37.7 Å². The first kappa shape index (κ1) is 20.5. The lowest BCUT2D eigenvalue weighted by Gasteiger charge is -2.31. The summed E-state index contributed by atoms with van der Waals surface area (Å²) in [6.45, 7) is 0.394. The molecule has 2 aromatic rings. The summed E-state index contributed by atoms with van der Waals surface area (Å²) >= 11 is 3.23. The lowest BCUT2D eigenvalue weighted by molar-refractivity contribution is -0.154. The van der Waals surface area contributed by atoms with E-state index in [-0.39, 0.29) is 32.2 Å². The van der Waals surface area contributed by atoms with Gasteiger partial charge in [-0.15, -0.1) is 0 Å². The van der Waals surface area contributed by atoms with E-state index in [2.05, 4.69) is 31.4 Å². The second kappa shape index (κ2) is 8.57. The molecule has 2 aliphatic heterocycles. The molecule has 2 amide bonds. The van der Waals surface area contributed by atoms with Gasteiger partial charge in [0.25, 0.3) is 5.91 Å². The summed E-state index contributed by atoms with van der Waals surface area (Å²) in [5.74, 6) is -0.657. The molecule has 1 aromatic heterocycles. The van der Waals surface area contributed by atoms with Crippen LogP contribution >= 0.6 is 15.9 Å². The van der Waals surface area contributed by atoms with Crippen LogP contribution in [-0.4, -0.2) is 56.5 Å². The van der Waals surface area contributed by atoms with Crippen molar-refractivity contribution >= 4 is 43.5 Å². The van der Waals surface area contributed by atoms with Gasteiger partial charge in [-0.3, -0.25) is 14.7 Å². The fourth-order valence-electron chi connectivity index (χ4n) is 3.55. The fraction of sp³-hybridized carbons (Fsp3) is 0.400. The predicted molar refractivity (Wildman–Crippen MR) is 112 cm³/mol. The molecule has 0 spiro atoms. The molecular formula is C20H21BrN4O5. The molecule has 0 bridgehead atoms. The highest BCUT2D eigenvalue weighted by molar-refractivity contribution is 9.18. The molecule has 4 rings (SSSR count). The molecule has 2 N–H and O–H groups in total. The van der Waals surface area contributed by atoms with Crippen molar-refractivity contribution < 1.29 is 24.3 Å². The van der Waals surface area contributed by atoms with Crippen LogP contribution in [0.1, 0.15) is 24.8 Å². The van der Waals surface area contributed by atoms with Gasteiger partial charge in [-0.2, -0.15) is 0 Å². The molecular weight excluding hydrogens is 456 g/mol. The van der Waals surface area contributed by atoms with E-state index in [0.717, 1.165) is 21.4 Å². The smallest absolute Gasteiger partial charge is 0.412 e. The number of carbonyl (C=O) groups is 2. The van der Waals surface area contributed by atoms with Gasteiger partial charge < -0.3 is 20.0 Å². The van der Waals surface area contributed by atoms with Gasteiger partial charge in [0, 0.05) is 36.5 Å². The van der Waals surface area contributed by atoms with Crippen LogP contribution in [0.15, 0.2) is 41.7 Å². The quantitative estimate of drug-likeness (QED) is 0.683. The number of para-hydroxylation sites is 1. The van der Waals surface area contributed by atoms with Crippen LogP contribution in [0.3, 0.4) is 0 Å². The molecule has 0 aliphatic carbocycles. The van der Waals surface area contributed by atoms with Crippen molar-refractivity contribution in [1.29, 1.82) is 0 Å². The first-order chi connectivity index (χ1) is 14.5. The highest BCUT2D eigenvalue weighted by Crippen LogP contribution is 2.28. The molecule has 1 aromatic carbocycles. The van der Waals surface area contributed by atoms with E-state index >= 15 is 0 Å². The minimum atomic E-state index is -1.95. The van der Waals surface area contributed by atoms with Crippen LogP contribution < -0.4 is 5.32 Å². The standard InChI is InChI=1S/C20H21BrN4O5/c21-17-9-15(30-24-17)11-23-18(26)20(28)6-3-7-25(20)19(27)29-12-13-8-14-4-1-2-5-16(14)22-10-13/h1-2,4-5,8,10,15,28H,3,6-7,9,11-12H2,(H,23,26)/t15-,20?/m0/s1. The normalized spacial score (nSPS) is 23.2. The van der Waals surface area contributed by atoms with E-state index in [1.165, 1.54) is 0 Å². The molecule has 2 aliphatic rings. The molecule has 1 saturated heterocycles. The molecule has 1 fully saturated rings. The van der Waals surface area contributed by atoms with Gasteiger partial charge in [-0.1, -0.05) is 23.4 Å². The minimum absolute atomic E-state index is 0.00779. The van der Waals surface area contributed by atoms with Crippen LogP contribution in [0.4, 0.5) is 4.79 Å². The Morgan fingerprint density at radius 1 is 1.40 bits per heavy atom. The Bertz CT molecular complexity index is 1000. The van der Waals surface area contributed by atoms with Crippen molar-refractivity contribution in [3.8, 4) is 0 Å². The number of hydrogen-bond acceptors (Lipinski definition) is 7. The summed E-state index contributed by atoms with van der Waals surface area (Å²) in [7, 11) is 0. The highest BCUT2D eigenvalue weighted by Gasteiger charge is 2.49. The zero-order valence-electron chi connectivity index (χ0n) is 16.1. The third kappa shape index (κ3) is 4.24. The summed E-state index contributed by atoms with van der Waals surface area (Å²) in [5.41, 5.74) is -0.380. The lowest BCUT2D eigenvalue weighted by Crippen LogP contribution is -2.58. The second-order valence-corrected chi connectivity index (χ2v) is 8.19. The third-order valence-electron chi connectivity index (χ3n) is 5.13. The van der Waals surface area contributed by atoms with E-state index in [0.29, 0.717) is 17.5 Å². The molecule has 0 radical (unpaired) electrons. The number of ether oxygens (including phenoxy) is 1. The van der Waals surface area contributed by atoms with Crippen LogP contribution in [0.2, 0.25) is 0 Å². The first-order valence-corrected chi connectivity index (χ1v) is 10.4. The molecule has 1 unspecified atom stereocenters. The molecule has 0 saturated carbocycles. The average Bonchev–Trinajstić information content (AvgIpc) is 3.36. The number of aromatic nitrogens is 1. The van der Waals surface area contributed by atoms with Gasteiger partial charge in [0.2, 0.25) is 5.72 Å². The SMILES string of the molecule is O=C(OCc1cnc2ccccc2c1)N1CCCC1(O)C(=O)NC[C@@H]1CC(Br)=NO1. The molecule has 10 heteroatoms. The van der Waals surface area contributed by atoms with Crippen LogP contribution in [0.5, 0.6) is 0 Å². The number of aliphatic hydroxyl groups is 1. The summed E-state index contributed by atoms with van der Waals surface area (Å²) in [4.78, 5) is 35.8. The average molecular weight is 477 g/mol. The van der Waals surface area contributed by atoms with Gasteiger partial charge >= 0.3 is 6.09 Å². The Balaban J connectivity index is 1.35. The number of halogens is 1. The van der Waals surface area contributed by atoms with E-state index in [9.17, 15) is 14.7 Å². The molecule has 3 heterocycles. The molecule has 158 valence electrons. The maximum Gasteiger partial charge on any atom is 0.412 e. The largest absolute Gasteiger partial charge is 0.444 e. The number of fused-ring (bicyclic) bond motifs is 1. The zero-order chi connectivity index (χ0) is 21.1. The first-order valence-electron chi connectivity index (χ1n) is 9.62. The van der Waals surface area contributed by atoms with Gasteiger partial charge in [-0.05, 0) is 34.5 Å². The fourth-order valence-corrected chi connectivity index (χ4v) is 4.00. The van der Waals surface area contributed by atoms with Gasteiger partial charge in [0.15, 0.2) is 6.10 Å². The van der Waals surface area contributed by atoms with E-state index in [1.807, 2.05) is 30.3 Å². The lowest BCUT2D eigenvalue weighted by atomic mass is 10.1. The predicted octanol–water partition coefficient (Wildman–Crippen LogP) is 2.27. The van der Waals surface area contributed by atoms with Gasteiger partial charge in [0.1, 0.15) is 11.2 Å². The van der Waals surface area contributed by atoms with Crippen molar-refractivity contribution in [3.05, 3.63) is 42.1 Å². The number of hydrogen-bond donors (Lipinski definition) is 2. The maximum atomic E-state index is 12.6. The van der Waals surface area contributed by atoms with Gasteiger partial charge in [-0.25, -0.2) is 4.79 Å². The third-order valence-corrected chi connectivity index (χ3v) is 5.60. The number of nitrogens with zero attached hydrogens (tertiary/aromatic N) is 3. The monoisotopic (exact) mass is 476 g/mol. The number of amides is 2. The van der Waals surface area contributed by atoms with E-state index in [1.54, 1.807) is 6.20 Å². The Morgan fingerprint density at radius 3 is 3.03 bits per heavy atom. The minimum Gasteiger partial charge on any atom is -0.444 e. The van der Waals surface area contributed by atoms with Gasteiger partial charge in [0.05, 0.1) is 12.1 Å². The summed E-state index contributed by atoms with van der Waals surface area (Å²) in [6.07, 6.45) is 1.74. The maximum absolute atomic E-state index is 12.6. The molecule has 9 nitrogen and oxygen atoms in total. The number of oxime groups is 1. The number of rotatable bonds is 5. The van der Waals surface area contributed by atoms with Crippen molar-refractivity contribution in [2.24, 2.45) is 5.16 Å². The second-order valence-electron chi connectivity index (χ2n) is 7.27.